The van der Waals surface area contributed by atoms with Gasteiger partial charge in [-0.2, -0.15) is 5.26 Å². The summed E-state index contributed by atoms with van der Waals surface area (Å²) < 4.78 is 0. The van der Waals surface area contributed by atoms with Gasteiger partial charge >= 0.3 is 0 Å². The van der Waals surface area contributed by atoms with Gasteiger partial charge in [-0.15, -0.1) is 11.3 Å². The van der Waals surface area contributed by atoms with Crippen molar-refractivity contribution in [2.45, 2.75) is 6.42 Å². The van der Waals surface area contributed by atoms with Gasteiger partial charge in [-0.05, 0) is 16.8 Å². The van der Waals surface area contributed by atoms with Crippen molar-refractivity contribution in [3.05, 3.63) is 47.8 Å². The van der Waals surface area contributed by atoms with Gasteiger partial charge in [-0.3, -0.25) is 4.79 Å². The Labute approximate surface area is 125 Å². The van der Waals surface area contributed by atoms with Crippen LogP contribution in [0.5, 0.6) is 0 Å². The van der Waals surface area contributed by atoms with Gasteiger partial charge in [0.05, 0.1) is 11.8 Å². The maximum absolute atomic E-state index is 11.4. The first kappa shape index (κ1) is 13.3. The van der Waals surface area contributed by atoms with Gasteiger partial charge in [-0.1, -0.05) is 36.4 Å². The Bertz CT molecular complexity index is 848. The Hall–Kier alpha value is -2.71. The molecular formula is C16H11N3OS. The van der Waals surface area contributed by atoms with E-state index in [1.54, 1.807) is 0 Å². The summed E-state index contributed by atoms with van der Waals surface area (Å²) in [6.07, 6.45) is -0.162. The van der Waals surface area contributed by atoms with Crippen molar-refractivity contribution in [1.82, 2.24) is 4.98 Å². The third-order valence-corrected chi connectivity index (χ3v) is 3.79. The monoisotopic (exact) mass is 293 g/mol. The number of nitriles is 1. The molecule has 0 aliphatic rings. The summed E-state index contributed by atoms with van der Waals surface area (Å²) in [5.41, 5.74) is 1.82. The average Bonchev–Trinajstić information content (AvgIpc) is 2.95. The van der Waals surface area contributed by atoms with E-state index in [0.717, 1.165) is 16.6 Å². The number of nitrogens with one attached hydrogen (secondary N) is 1. The molecule has 21 heavy (non-hydrogen) atoms. The molecule has 102 valence electrons. The lowest BCUT2D eigenvalue weighted by Crippen LogP contribution is -2.09. The van der Waals surface area contributed by atoms with Crippen molar-refractivity contribution in [3.63, 3.8) is 0 Å². The highest BCUT2D eigenvalue weighted by atomic mass is 32.1. The van der Waals surface area contributed by atoms with E-state index in [4.69, 9.17) is 5.26 Å². The average molecular weight is 293 g/mol. The zero-order valence-corrected chi connectivity index (χ0v) is 11.9. The Morgan fingerprint density at radius 3 is 2.86 bits per heavy atom. The Morgan fingerprint density at radius 1 is 1.24 bits per heavy atom. The fourth-order valence-corrected chi connectivity index (χ4v) is 2.78. The van der Waals surface area contributed by atoms with Crippen molar-refractivity contribution < 1.29 is 4.79 Å². The molecule has 0 saturated heterocycles. The van der Waals surface area contributed by atoms with Gasteiger partial charge in [0.1, 0.15) is 6.42 Å². The quantitative estimate of drug-likeness (QED) is 0.798. The number of hydrogen-bond donors (Lipinski definition) is 1. The Kier molecular flexibility index (Phi) is 3.63. The predicted molar refractivity (Wildman–Crippen MR) is 83.9 cm³/mol. The van der Waals surface area contributed by atoms with Crippen LogP contribution < -0.4 is 5.32 Å². The summed E-state index contributed by atoms with van der Waals surface area (Å²) in [6, 6.07) is 16.1. The van der Waals surface area contributed by atoms with Crippen molar-refractivity contribution in [3.8, 4) is 17.3 Å². The first-order valence-corrected chi connectivity index (χ1v) is 7.26. The lowest BCUT2D eigenvalue weighted by atomic mass is 10.1. The fourth-order valence-electron chi connectivity index (χ4n) is 2.05. The fraction of sp³-hybridized carbons (Fsp3) is 0.0625. The van der Waals surface area contributed by atoms with Crippen LogP contribution in [0.4, 0.5) is 5.13 Å². The normalized spacial score (nSPS) is 10.2. The molecule has 0 spiro atoms. The molecule has 1 aromatic heterocycles. The van der Waals surface area contributed by atoms with Crippen LogP contribution in [0, 0.1) is 11.3 Å². The lowest BCUT2D eigenvalue weighted by molar-refractivity contribution is -0.115. The smallest absolute Gasteiger partial charge is 0.240 e. The van der Waals surface area contributed by atoms with E-state index < -0.39 is 0 Å². The summed E-state index contributed by atoms with van der Waals surface area (Å²) in [5.74, 6) is -0.336. The molecule has 5 heteroatoms. The van der Waals surface area contributed by atoms with Gasteiger partial charge in [0.2, 0.25) is 5.91 Å². The molecule has 1 N–H and O–H groups in total. The Morgan fingerprint density at radius 2 is 2.05 bits per heavy atom. The summed E-state index contributed by atoms with van der Waals surface area (Å²) in [7, 11) is 0. The number of amides is 1. The zero-order valence-electron chi connectivity index (χ0n) is 11.0. The second-order valence-electron chi connectivity index (χ2n) is 4.48. The number of aromatic nitrogens is 1. The van der Waals surface area contributed by atoms with Gasteiger partial charge in [0.15, 0.2) is 5.13 Å². The largest absolute Gasteiger partial charge is 0.301 e. The van der Waals surface area contributed by atoms with E-state index >= 15 is 0 Å². The molecule has 0 radical (unpaired) electrons. The summed E-state index contributed by atoms with van der Waals surface area (Å²) in [4.78, 5) is 15.8. The maximum atomic E-state index is 11.4. The van der Waals surface area contributed by atoms with Crippen molar-refractivity contribution in [2.75, 3.05) is 5.32 Å². The molecule has 2 aromatic carbocycles. The van der Waals surface area contributed by atoms with Crippen LogP contribution in [0.1, 0.15) is 6.42 Å². The van der Waals surface area contributed by atoms with E-state index in [1.807, 2.05) is 29.6 Å². The summed E-state index contributed by atoms with van der Waals surface area (Å²) in [6.45, 7) is 0. The number of benzene rings is 2. The summed E-state index contributed by atoms with van der Waals surface area (Å²) >= 11 is 1.35. The van der Waals surface area contributed by atoms with Crippen LogP contribution in [0.15, 0.2) is 47.8 Å². The predicted octanol–water partition coefficient (Wildman–Crippen LogP) is 3.82. The topological polar surface area (TPSA) is 65.8 Å². The van der Waals surface area contributed by atoms with Crippen molar-refractivity contribution in [2.24, 2.45) is 0 Å². The highest BCUT2D eigenvalue weighted by Gasteiger charge is 2.08. The number of fused-ring (bicyclic) bond motifs is 1. The first-order chi connectivity index (χ1) is 10.3. The van der Waals surface area contributed by atoms with E-state index in [-0.39, 0.29) is 12.3 Å². The molecular weight excluding hydrogens is 282 g/mol. The molecule has 1 amide bonds. The first-order valence-electron chi connectivity index (χ1n) is 6.38. The molecule has 3 aromatic rings. The molecule has 0 fully saturated rings. The molecule has 4 nitrogen and oxygen atoms in total. The molecule has 3 rings (SSSR count). The summed E-state index contributed by atoms with van der Waals surface area (Å²) in [5, 5.41) is 15.8. The number of thiazole rings is 1. The van der Waals surface area contributed by atoms with Gasteiger partial charge in [0, 0.05) is 10.9 Å². The minimum Gasteiger partial charge on any atom is -0.301 e. The third kappa shape index (κ3) is 2.91. The van der Waals surface area contributed by atoms with Crippen LogP contribution in [0.3, 0.4) is 0 Å². The van der Waals surface area contributed by atoms with E-state index in [0.29, 0.717) is 5.13 Å². The van der Waals surface area contributed by atoms with Crippen LogP contribution in [0.25, 0.3) is 22.0 Å². The molecule has 1 heterocycles. The van der Waals surface area contributed by atoms with E-state index in [2.05, 4.69) is 34.6 Å². The van der Waals surface area contributed by atoms with E-state index in [1.165, 1.54) is 16.7 Å². The van der Waals surface area contributed by atoms with Crippen molar-refractivity contribution >= 4 is 33.1 Å². The van der Waals surface area contributed by atoms with Gasteiger partial charge in [0.25, 0.3) is 0 Å². The minimum atomic E-state index is -0.336. The molecule has 0 saturated carbocycles. The molecule has 0 aliphatic carbocycles. The number of anilines is 1. The van der Waals surface area contributed by atoms with E-state index in [9.17, 15) is 4.79 Å². The zero-order chi connectivity index (χ0) is 14.7. The number of nitrogens with zero attached hydrogens (tertiary/aromatic N) is 2. The Balaban J connectivity index is 1.87. The lowest BCUT2D eigenvalue weighted by Gasteiger charge is -2.01. The van der Waals surface area contributed by atoms with Crippen LogP contribution >= 0.6 is 11.3 Å². The van der Waals surface area contributed by atoms with Crippen LogP contribution in [-0.4, -0.2) is 10.9 Å². The molecule has 0 atom stereocenters. The molecule has 0 aliphatic heterocycles. The highest BCUT2D eigenvalue weighted by molar-refractivity contribution is 7.14. The minimum absolute atomic E-state index is 0.162. The van der Waals surface area contributed by atoms with Gasteiger partial charge < -0.3 is 5.32 Å². The maximum Gasteiger partial charge on any atom is 0.240 e. The second-order valence-corrected chi connectivity index (χ2v) is 5.34. The number of hydrogen-bond acceptors (Lipinski definition) is 4. The highest BCUT2D eigenvalue weighted by Crippen LogP contribution is 2.27. The van der Waals surface area contributed by atoms with Crippen molar-refractivity contribution in [1.29, 1.82) is 5.26 Å². The van der Waals surface area contributed by atoms with Crippen LogP contribution in [-0.2, 0) is 4.79 Å². The third-order valence-electron chi connectivity index (χ3n) is 3.04. The standard InChI is InChI=1S/C16H11N3OS/c17-8-7-15(20)19-16-18-14(10-21-16)13-6-5-11-3-1-2-4-12(11)9-13/h1-6,9-10H,7H2,(H,18,19,20). The second kappa shape index (κ2) is 5.73. The number of rotatable bonds is 3. The van der Waals surface area contributed by atoms with Gasteiger partial charge in [-0.25, -0.2) is 4.98 Å². The number of carbonyl (C=O) groups excluding carboxylic acids is 1. The number of carbonyl (C=O) groups is 1. The molecule has 0 bridgehead atoms. The van der Waals surface area contributed by atoms with Crippen LogP contribution in [0.2, 0.25) is 0 Å². The SMILES string of the molecule is N#CCC(=O)Nc1nc(-c2ccc3ccccc3c2)cs1. The molecule has 0 unspecified atom stereocenters.